The zero-order chi connectivity index (χ0) is 26.7. The second-order valence-electron chi connectivity index (χ2n) is 8.09. The highest BCUT2D eigenvalue weighted by Crippen LogP contribution is 2.32. The fourth-order valence-corrected chi connectivity index (χ4v) is 3.92. The third-order valence-corrected chi connectivity index (χ3v) is 5.70. The zero-order valence-corrected chi connectivity index (χ0v) is 21.3. The topological polar surface area (TPSA) is 99.2 Å². The molecular weight excluding hydrogens is 470 g/mol. The van der Waals surface area contributed by atoms with Crippen LogP contribution in [0, 0.1) is 6.92 Å². The van der Waals surface area contributed by atoms with Crippen LogP contribution in [0.25, 0.3) is 0 Å². The lowest BCUT2D eigenvalue weighted by atomic mass is 10.0. The maximum Gasteiger partial charge on any atom is 0.282 e. The minimum atomic E-state index is -2.75. The van der Waals surface area contributed by atoms with E-state index in [1.807, 2.05) is 38.1 Å². The van der Waals surface area contributed by atoms with Crippen LogP contribution in [0.2, 0.25) is 0 Å². The van der Waals surface area contributed by atoms with Crippen LogP contribution >= 0.6 is 0 Å². The summed E-state index contributed by atoms with van der Waals surface area (Å²) in [6.45, 7) is 5.18. The summed E-state index contributed by atoms with van der Waals surface area (Å²) in [5.74, 6) is -0.00592. The predicted octanol–water partition coefficient (Wildman–Crippen LogP) is 3.21. The Kier molecular flexibility index (Phi) is 11.4. The first-order valence-corrected chi connectivity index (χ1v) is 11.5. The lowest BCUT2D eigenvalue weighted by Gasteiger charge is -2.37. The normalized spacial score (nSPS) is 14.2. The fourth-order valence-electron chi connectivity index (χ4n) is 3.92. The summed E-state index contributed by atoms with van der Waals surface area (Å²) in [4.78, 5) is 34.1. The number of aliphatic imine (C=N–C) groups is 1. The quantitative estimate of drug-likeness (QED) is 0.321. The van der Waals surface area contributed by atoms with Gasteiger partial charge in [0.15, 0.2) is 6.29 Å². The van der Waals surface area contributed by atoms with Gasteiger partial charge in [0.1, 0.15) is 11.4 Å². The SMILES string of the molecule is CNC.CNc1c(N=C(C=O)OC)ccc(CN2CCN(c3ccc(C=O)nc3C(F)F)CC2)c1C. The van der Waals surface area contributed by atoms with Gasteiger partial charge in [-0.15, -0.1) is 0 Å². The molecule has 3 rings (SSSR count). The van der Waals surface area contributed by atoms with Gasteiger partial charge in [-0.1, -0.05) is 6.07 Å². The van der Waals surface area contributed by atoms with E-state index in [-0.39, 0.29) is 17.3 Å². The van der Waals surface area contributed by atoms with E-state index in [0.29, 0.717) is 56.7 Å². The Morgan fingerprint density at radius 2 is 1.81 bits per heavy atom. The van der Waals surface area contributed by atoms with Crippen LogP contribution in [-0.2, 0) is 16.1 Å². The van der Waals surface area contributed by atoms with Crippen molar-refractivity contribution in [1.82, 2.24) is 15.2 Å². The Bertz CT molecular complexity index is 1060. The number of carbonyl (C=O) groups excluding carboxylic acids is 2. The lowest BCUT2D eigenvalue weighted by Crippen LogP contribution is -2.46. The Morgan fingerprint density at radius 3 is 2.33 bits per heavy atom. The molecular formula is C25H34F2N6O3. The number of benzene rings is 1. The van der Waals surface area contributed by atoms with Crippen LogP contribution in [0.4, 0.5) is 25.8 Å². The van der Waals surface area contributed by atoms with Crippen molar-refractivity contribution in [1.29, 1.82) is 0 Å². The number of piperazine rings is 1. The van der Waals surface area contributed by atoms with E-state index < -0.39 is 6.43 Å². The number of rotatable bonds is 8. The second kappa shape index (κ2) is 14.2. The fraction of sp³-hybridized carbons (Fsp3) is 0.440. The molecule has 0 unspecified atom stereocenters. The van der Waals surface area contributed by atoms with E-state index in [1.165, 1.54) is 13.2 Å². The standard InChI is InChI=1S/C23H27F2N5O3.C2H7N/c1-15-16(4-6-18(21(15)26-2)28-20(14-32)33-3)12-29-8-10-30(11-9-29)19-7-5-17(13-31)27-22(19)23(24)25;1-3-2/h4-7,13-14,23,26H,8-12H2,1-3H3;3H,1-2H3. The Hall–Kier alpha value is -3.44. The molecule has 1 aliphatic heterocycles. The van der Waals surface area contributed by atoms with Crippen molar-refractivity contribution in [2.24, 2.45) is 4.99 Å². The van der Waals surface area contributed by atoms with Crippen molar-refractivity contribution in [2.75, 3.05) is 64.6 Å². The molecule has 11 heteroatoms. The number of hydrogen-bond donors (Lipinski definition) is 2. The minimum absolute atomic E-state index is 0.00189. The number of ether oxygens (including phenoxy) is 1. The molecule has 1 aromatic heterocycles. The summed E-state index contributed by atoms with van der Waals surface area (Å²) < 4.78 is 31.9. The molecule has 0 atom stereocenters. The van der Waals surface area contributed by atoms with Gasteiger partial charge in [-0.05, 0) is 50.3 Å². The first-order valence-electron chi connectivity index (χ1n) is 11.5. The zero-order valence-electron chi connectivity index (χ0n) is 21.3. The summed E-state index contributed by atoms with van der Waals surface area (Å²) >= 11 is 0. The molecule has 0 saturated carbocycles. The maximum atomic E-state index is 13.5. The van der Waals surface area contributed by atoms with Crippen molar-refractivity contribution >= 4 is 35.5 Å². The number of nitrogens with zero attached hydrogens (tertiary/aromatic N) is 4. The number of halogens is 2. The number of aromatic nitrogens is 1. The third kappa shape index (κ3) is 7.28. The number of anilines is 2. The van der Waals surface area contributed by atoms with Gasteiger partial charge >= 0.3 is 0 Å². The van der Waals surface area contributed by atoms with E-state index in [9.17, 15) is 18.4 Å². The van der Waals surface area contributed by atoms with Crippen molar-refractivity contribution < 1.29 is 23.1 Å². The summed E-state index contributed by atoms with van der Waals surface area (Å²) in [5.41, 5.74) is 3.55. The van der Waals surface area contributed by atoms with E-state index in [1.54, 1.807) is 13.1 Å². The highest BCUT2D eigenvalue weighted by Gasteiger charge is 2.24. The third-order valence-electron chi connectivity index (χ3n) is 5.70. The van der Waals surface area contributed by atoms with E-state index in [4.69, 9.17) is 4.74 Å². The van der Waals surface area contributed by atoms with Crippen LogP contribution in [0.3, 0.4) is 0 Å². The molecule has 0 aliphatic carbocycles. The van der Waals surface area contributed by atoms with Crippen molar-refractivity contribution in [3.63, 3.8) is 0 Å². The van der Waals surface area contributed by atoms with E-state index >= 15 is 0 Å². The lowest BCUT2D eigenvalue weighted by molar-refractivity contribution is -0.103. The smallest absolute Gasteiger partial charge is 0.282 e. The van der Waals surface area contributed by atoms with Crippen molar-refractivity contribution in [2.45, 2.75) is 19.9 Å². The average Bonchev–Trinajstić information content (AvgIpc) is 2.89. The molecule has 9 nitrogen and oxygen atoms in total. The Morgan fingerprint density at radius 1 is 1.14 bits per heavy atom. The van der Waals surface area contributed by atoms with Crippen molar-refractivity contribution in [3.05, 3.63) is 46.8 Å². The first-order chi connectivity index (χ1) is 17.3. The molecule has 1 aliphatic rings. The van der Waals surface area contributed by atoms with E-state index in [0.717, 1.165) is 16.8 Å². The van der Waals surface area contributed by atoms with Gasteiger partial charge in [-0.2, -0.15) is 0 Å². The van der Waals surface area contributed by atoms with Crippen LogP contribution in [0.1, 0.15) is 33.7 Å². The van der Waals surface area contributed by atoms with Gasteiger partial charge < -0.3 is 20.3 Å². The molecule has 2 aromatic rings. The summed E-state index contributed by atoms with van der Waals surface area (Å²) in [7, 11) is 6.94. The Balaban J connectivity index is 0.00000145. The summed E-state index contributed by atoms with van der Waals surface area (Å²) in [5, 5.41) is 5.89. The molecule has 1 fully saturated rings. The van der Waals surface area contributed by atoms with Crippen LogP contribution in [0.5, 0.6) is 0 Å². The van der Waals surface area contributed by atoms with Crippen LogP contribution < -0.4 is 15.5 Å². The number of nitrogens with one attached hydrogen (secondary N) is 2. The first kappa shape index (κ1) is 28.8. The second-order valence-corrected chi connectivity index (χ2v) is 8.09. The summed E-state index contributed by atoms with van der Waals surface area (Å²) in [6.07, 6.45) is -1.72. The average molecular weight is 505 g/mol. The number of hydrogen-bond acceptors (Lipinski definition) is 9. The molecule has 2 N–H and O–H groups in total. The minimum Gasteiger partial charge on any atom is -0.479 e. The number of aldehydes is 2. The molecule has 1 saturated heterocycles. The Labute approximate surface area is 210 Å². The largest absolute Gasteiger partial charge is 0.479 e. The predicted molar refractivity (Wildman–Crippen MR) is 138 cm³/mol. The van der Waals surface area contributed by atoms with Crippen LogP contribution in [-0.4, -0.2) is 82.8 Å². The van der Waals surface area contributed by atoms with Crippen molar-refractivity contribution in [3.8, 4) is 0 Å². The highest BCUT2D eigenvalue weighted by molar-refractivity contribution is 6.24. The molecule has 0 amide bonds. The molecule has 0 spiro atoms. The van der Waals surface area contributed by atoms with Crippen LogP contribution in [0.15, 0.2) is 29.3 Å². The molecule has 0 bridgehead atoms. The number of methoxy groups -OCH3 is 1. The number of alkyl halides is 2. The van der Waals surface area contributed by atoms with Gasteiger partial charge in [0.05, 0.1) is 24.2 Å². The maximum absolute atomic E-state index is 13.5. The highest BCUT2D eigenvalue weighted by atomic mass is 19.3. The van der Waals surface area contributed by atoms with Gasteiger partial charge in [-0.3, -0.25) is 14.5 Å². The number of pyridine rings is 1. The van der Waals surface area contributed by atoms with Gasteiger partial charge in [-0.25, -0.2) is 18.8 Å². The van der Waals surface area contributed by atoms with E-state index in [2.05, 4.69) is 25.5 Å². The van der Waals surface area contributed by atoms with Gasteiger partial charge in [0, 0.05) is 39.8 Å². The molecule has 196 valence electrons. The number of carbonyl (C=O) groups is 2. The molecule has 0 radical (unpaired) electrons. The van der Waals surface area contributed by atoms with Gasteiger partial charge in [0.2, 0.25) is 6.29 Å². The molecule has 1 aromatic carbocycles. The monoisotopic (exact) mass is 504 g/mol. The van der Waals surface area contributed by atoms with Gasteiger partial charge in [0.25, 0.3) is 12.3 Å². The molecule has 2 heterocycles. The molecule has 36 heavy (non-hydrogen) atoms. The summed E-state index contributed by atoms with van der Waals surface area (Å²) in [6, 6.07) is 6.81.